The molecule has 1 aliphatic carbocycles. The van der Waals surface area contributed by atoms with E-state index in [1.807, 2.05) is 0 Å². The molecular formula is C17H34. The van der Waals surface area contributed by atoms with Crippen molar-refractivity contribution in [1.29, 1.82) is 0 Å². The molecule has 2 unspecified atom stereocenters. The summed E-state index contributed by atoms with van der Waals surface area (Å²) in [4.78, 5) is 0. The van der Waals surface area contributed by atoms with Gasteiger partial charge < -0.3 is 0 Å². The van der Waals surface area contributed by atoms with Crippen molar-refractivity contribution in [2.24, 2.45) is 28.1 Å². The van der Waals surface area contributed by atoms with Gasteiger partial charge in [-0.2, -0.15) is 0 Å². The Bertz CT molecular complexity index is 254. The minimum absolute atomic E-state index is 0.468. The molecule has 0 heterocycles. The Labute approximate surface area is 110 Å². The quantitative estimate of drug-likeness (QED) is 0.561. The van der Waals surface area contributed by atoms with Crippen LogP contribution in [0.25, 0.3) is 0 Å². The summed E-state index contributed by atoms with van der Waals surface area (Å²) in [5.74, 6) is 1.71. The monoisotopic (exact) mass is 238 g/mol. The first-order valence-electron chi connectivity index (χ1n) is 7.44. The van der Waals surface area contributed by atoms with Crippen LogP contribution in [0.3, 0.4) is 0 Å². The van der Waals surface area contributed by atoms with Crippen LogP contribution < -0.4 is 0 Å². The predicted octanol–water partition coefficient (Wildman–Crippen LogP) is 5.91. The van der Waals surface area contributed by atoms with E-state index in [1.165, 1.54) is 25.7 Å². The maximum atomic E-state index is 2.53. The highest BCUT2D eigenvalue weighted by Gasteiger charge is 2.44. The number of hydrogen-bond acceptors (Lipinski definition) is 0. The summed E-state index contributed by atoms with van der Waals surface area (Å²) in [6.07, 6.45) is 5.63. The average molecular weight is 238 g/mol. The molecule has 0 aromatic rings. The van der Waals surface area contributed by atoms with Crippen molar-refractivity contribution in [3.63, 3.8) is 0 Å². The number of rotatable bonds is 2. The molecule has 0 saturated heterocycles. The van der Waals surface area contributed by atoms with Gasteiger partial charge in [-0.05, 0) is 53.8 Å². The van der Waals surface area contributed by atoms with Crippen LogP contribution in [0.1, 0.15) is 81.1 Å². The summed E-state index contributed by atoms with van der Waals surface area (Å²) >= 11 is 0. The molecule has 17 heavy (non-hydrogen) atoms. The van der Waals surface area contributed by atoms with Gasteiger partial charge in [0.05, 0.1) is 0 Å². The Kier molecular flexibility index (Phi) is 4.07. The largest absolute Gasteiger partial charge is 0.0628 e. The number of hydrogen-bond donors (Lipinski definition) is 0. The van der Waals surface area contributed by atoms with Gasteiger partial charge in [-0.25, -0.2) is 0 Å². The molecule has 0 bridgehead atoms. The Morgan fingerprint density at radius 3 is 2.00 bits per heavy atom. The molecule has 1 rings (SSSR count). The highest BCUT2D eigenvalue weighted by molar-refractivity contribution is 4.95. The summed E-state index contributed by atoms with van der Waals surface area (Å²) in [6, 6.07) is 0. The molecule has 0 aliphatic heterocycles. The summed E-state index contributed by atoms with van der Waals surface area (Å²) in [7, 11) is 0. The summed E-state index contributed by atoms with van der Waals surface area (Å²) in [5.41, 5.74) is 1.56. The van der Waals surface area contributed by atoms with E-state index in [0.29, 0.717) is 16.2 Å². The predicted molar refractivity (Wildman–Crippen MR) is 78.1 cm³/mol. The molecule has 0 spiro atoms. The van der Waals surface area contributed by atoms with Crippen LogP contribution in [0.2, 0.25) is 0 Å². The highest BCUT2D eigenvalue weighted by atomic mass is 14.5. The highest BCUT2D eigenvalue weighted by Crippen LogP contribution is 2.55. The van der Waals surface area contributed by atoms with Crippen molar-refractivity contribution < 1.29 is 0 Å². The molecule has 0 heteroatoms. The Balaban J connectivity index is 2.88. The van der Waals surface area contributed by atoms with Gasteiger partial charge in [0.1, 0.15) is 0 Å². The minimum atomic E-state index is 0.468. The van der Waals surface area contributed by atoms with Crippen molar-refractivity contribution in [3.8, 4) is 0 Å². The first kappa shape index (κ1) is 15.1. The van der Waals surface area contributed by atoms with Crippen LogP contribution in [0.5, 0.6) is 0 Å². The third-order valence-electron chi connectivity index (χ3n) is 4.57. The maximum absolute atomic E-state index is 2.53. The second kappa shape index (κ2) is 4.59. The van der Waals surface area contributed by atoms with Crippen molar-refractivity contribution in [1.82, 2.24) is 0 Å². The molecule has 1 fully saturated rings. The van der Waals surface area contributed by atoms with E-state index < -0.39 is 0 Å². The second-order valence-electron chi connectivity index (χ2n) is 9.22. The lowest BCUT2D eigenvalue weighted by Gasteiger charge is -2.51. The molecule has 0 aromatic carbocycles. The third-order valence-corrected chi connectivity index (χ3v) is 4.57. The van der Waals surface area contributed by atoms with E-state index in [0.717, 1.165) is 11.8 Å². The van der Waals surface area contributed by atoms with Crippen molar-refractivity contribution in [2.75, 3.05) is 0 Å². The molecule has 2 atom stereocenters. The SMILES string of the molecule is CC(C)CC1(C)CC(C(C)(C)C)CC(C)(C)C1. The summed E-state index contributed by atoms with van der Waals surface area (Å²) < 4.78 is 0. The van der Waals surface area contributed by atoms with Gasteiger partial charge in [-0.1, -0.05) is 55.4 Å². The molecule has 0 amide bonds. The van der Waals surface area contributed by atoms with Crippen molar-refractivity contribution >= 4 is 0 Å². The maximum Gasteiger partial charge on any atom is -0.0316 e. The molecule has 1 aliphatic rings. The van der Waals surface area contributed by atoms with Crippen molar-refractivity contribution in [2.45, 2.75) is 81.1 Å². The van der Waals surface area contributed by atoms with Gasteiger partial charge in [0.25, 0.3) is 0 Å². The van der Waals surface area contributed by atoms with E-state index in [-0.39, 0.29) is 0 Å². The molecule has 0 nitrogen and oxygen atoms in total. The van der Waals surface area contributed by atoms with Gasteiger partial charge >= 0.3 is 0 Å². The fourth-order valence-corrected chi connectivity index (χ4v) is 4.39. The fraction of sp³-hybridized carbons (Fsp3) is 1.00. The van der Waals surface area contributed by atoms with E-state index in [1.54, 1.807) is 0 Å². The zero-order valence-electron chi connectivity index (χ0n) is 13.5. The molecular weight excluding hydrogens is 204 g/mol. The Morgan fingerprint density at radius 2 is 1.59 bits per heavy atom. The first-order valence-corrected chi connectivity index (χ1v) is 7.44. The van der Waals surface area contributed by atoms with Gasteiger partial charge in [0.15, 0.2) is 0 Å². The lowest BCUT2D eigenvalue weighted by Crippen LogP contribution is -2.40. The Hall–Kier alpha value is 0. The topological polar surface area (TPSA) is 0 Å². The first-order chi connectivity index (χ1) is 7.44. The molecule has 102 valence electrons. The van der Waals surface area contributed by atoms with E-state index >= 15 is 0 Å². The molecule has 0 radical (unpaired) electrons. The van der Waals surface area contributed by atoms with Crippen LogP contribution >= 0.6 is 0 Å². The minimum Gasteiger partial charge on any atom is -0.0628 e. The van der Waals surface area contributed by atoms with Gasteiger partial charge in [0, 0.05) is 0 Å². The van der Waals surface area contributed by atoms with E-state index in [2.05, 4.69) is 55.4 Å². The second-order valence-corrected chi connectivity index (χ2v) is 9.22. The van der Waals surface area contributed by atoms with Gasteiger partial charge in [0.2, 0.25) is 0 Å². The summed E-state index contributed by atoms with van der Waals surface area (Å²) in [6.45, 7) is 19.5. The lowest BCUT2D eigenvalue weighted by atomic mass is 9.54. The average Bonchev–Trinajstić information content (AvgIpc) is 1.94. The fourth-order valence-electron chi connectivity index (χ4n) is 4.39. The normalized spacial score (nSPS) is 34.1. The van der Waals surface area contributed by atoms with Crippen LogP contribution in [0.4, 0.5) is 0 Å². The zero-order chi connectivity index (χ0) is 13.5. The molecule has 0 N–H and O–H groups in total. The van der Waals surface area contributed by atoms with Gasteiger partial charge in [-0.3, -0.25) is 0 Å². The van der Waals surface area contributed by atoms with E-state index in [9.17, 15) is 0 Å². The van der Waals surface area contributed by atoms with Crippen LogP contribution in [-0.2, 0) is 0 Å². The molecule has 0 aromatic heterocycles. The van der Waals surface area contributed by atoms with Crippen LogP contribution in [-0.4, -0.2) is 0 Å². The molecule has 1 saturated carbocycles. The smallest absolute Gasteiger partial charge is 0.0316 e. The van der Waals surface area contributed by atoms with Gasteiger partial charge in [-0.15, -0.1) is 0 Å². The van der Waals surface area contributed by atoms with E-state index in [4.69, 9.17) is 0 Å². The van der Waals surface area contributed by atoms with Crippen molar-refractivity contribution in [3.05, 3.63) is 0 Å². The zero-order valence-corrected chi connectivity index (χ0v) is 13.5. The Morgan fingerprint density at radius 1 is 1.06 bits per heavy atom. The standard InChI is InChI=1S/C17H34/c1-13(2)9-17(8)11-14(15(3,4)5)10-16(6,7)12-17/h13-14H,9-12H2,1-8H3. The van der Waals surface area contributed by atoms with Crippen LogP contribution in [0, 0.1) is 28.1 Å². The third kappa shape index (κ3) is 4.30. The summed E-state index contributed by atoms with van der Waals surface area (Å²) in [5, 5.41) is 0. The van der Waals surface area contributed by atoms with Crippen LogP contribution in [0.15, 0.2) is 0 Å². The lowest BCUT2D eigenvalue weighted by molar-refractivity contribution is -0.00455.